The molecule has 3 heterocycles. The van der Waals surface area contributed by atoms with Crippen LogP contribution >= 0.6 is 27.5 Å². The molecule has 0 saturated carbocycles. The molecule has 0 bridgehead atoms. The Morgan fingerprint density at radius 2 is 2.17 bits per heavy atom. The van der Waals surface area contributed by atoms with E-state index in [-0.39, 0.29) is 0 Å². The van der Waals surface area contributed by atoms with Gasteiger partial charge in [0.1, 0.15) is 10.8 Å². The summed E-state index contributed by atoms with van der Waals surface area (Å²) in [6.45, 7) is 4.00. The van der Waals surface area contributed by atoms with Crippen LogP contribution in [-0.2, 0) is 0 Å². The summed E-state index contributed by atoms with van der Waals surface area (Å²) in [6.07, 6.45) is 3.25. The van der Waals surface area contributed by atoms with Crippen molar-refractivity contribution >= 4 is 33.2 Å². The third-order valence-corrected chi connectivity index (χ3v) is 2.99. The molecule has 94 valence electrons. The molecule has 4 nitrogen and oxygen atoms in total. The average molecular weight is 329 g/mol. The van der Waals surface area contributed by atoms with Gasteiger partial charge in [0.2, 0.25) is 0 Å². The summed E-state index contributed by atoms with van der Waals surface area (Å²) in [6, 6.07) is 5.35. The first kappa shape index (κ1) is 13.1. The maximum atomic E-state index is 6.09. The first-order valence-electron chi connectivity index (χ1n) is 5.49. The standard InChI is InChI=1S/C10H5BrClN3O.C2H6/c11-6-5-13-15-9(12)4-7(14-10(6)15)8-2-1-3-16-8;1-2/h1-5H;1-2H3. The molecule has 0 N–H and O–H groups in total. The molecule has 0 amide bonds. The van der Waals surface area contributed by atoms with Gasteiger partial charge in [-0.2, -0.15) is 5.10 Å². The van der Waals surface area contributed by atoms with Gasteiger partial charge in [-0.05, 0) is 28.1 Å². The van der Waals surface area contributed by atoms with Crippen LogP contribution in [-0.4, -0.2) is 14.6 Å². The van der Waals surface area contributed by atoms with Gasteiger partial charge < -0.3 is 4.42 Å². The second kappa shape index (κ2) is 5.54. The number of rotatable bonds is 1. The Hall–Kier alpha value is -1.33. The van der Waals surface area contributed by atoms with Crippen LogP contribution in [0.3, 0.4) is 0 Å². The molecule has 3 rings (SSSR count). The van der Waals surface area contributed by atoms with Crippen LogP contribution in [0.2, 0.25) is 5.15 Å². The molecule has 0 aliphatic heterocycles. The molecule has 0 unspecified atom stereocenters. The van der Waals surface area contributed by atoms with Crippen molar-refractivity contribution in [3.8, 4) is 11.5 Å². The smallest absolute Gasteiger partial charge is 0.171 e. The number of furan rings is 1. The van der Waals surface area contributed by atoms with Crippen molar-refractivity contribution in [1.82, 2.24) is 14.6 Å². The highest BCUT2D eigenvalue weighted by Gasteiger charge is 2.11. The van der Waals surface area contributed by atoms with Crippen LogP contribution in [0.1, 0.15) is 13.8 Å². The highest BCUT2D eigenvalue weighted by Crippen LogP contribution is 2.25. The van der Waals surface area contributed by atoms with Crippen molar-refractivity contribution in [3.05, 3.63) is 40.3 Å². The number of hydrogen-bond acceptors (Lipinski definition) is 3. The van der Waals surface area contributed by atoms with E-state index in [0.29, 0.717) is 22.3 Å². The third kappa shape index (κ3) is 2.28. The summed E-state index contributed by atoms with van der Waals surface area (Å²) >= 11 is 9.45. The summed E-state index contributed by atoms with van der Waals surface area (Å²) in [7, 11) is 0. The average Bonchev–Trinajstić information content (AvgIpc) is 3.02. The summed E-state index contributed by atoms with van der Waals surface area (Å²) < 4.78 is 7.62. The molecule has 0 spiro atoms. The van der Waals surface area contributed by atoms with Gasteiger partial charge in [-0.15, -0.1) is 0 Å². The molecule has 3 aromatic heterocycles. The molecule has 0 aromatic carbocycles. The highest BCUT2D eigenvalue weighted by atomic mass is 79.9. The fourth-order valence-electron chi connectivity index (χ4n) is 1.45. The lowest BCUT2D eigenvalue weighted by Crippen LogP contribution is -1.93. The van der Waals surface area contributed by atoms with E-state index in [2.05, 4.69) is 26.0 Å². The van der Waals surface area contributed by atoms with Crippen LogP contribution in [0, 0.1) is 0 Å². The van der Waals surface area contributed by atoms with E-state index in [0.717, 1.165) is 4.47 Å². The predicted octanol–water partition coefficient (Wildman–Crippen LogP) is 4.43. The molecule has 0 radical (unpaired) electrons. The Morgan fingerprint density at radius 3 is 2.83 bits per heavy atom. The van der Waals surface area contributed by atoms with Gasteiger partial charge in [-0.25, -0.2) is 9.50 Å². The van der Waals surface area contributed by atoms with Crippen LogP contribution in [0.5, 0.6) is 0 Å². The van der Waals surface area contributed by atoms with Crippen molar-refractivity contribution in [3.63, 3.8) is 0 Å². The Kier molecular flexibility index (Phi) is 4.04. The van der Waals surface area contributed by atoms with Gasteiger partial charge in [0.05, 0.1) is 16.9 Å². The number of hydrogen-bond donors (Lipinski definition) is 0. The number of aromatic nitrogens is 3. The molecule has 0 aliphatic carbocycles. The minimum absolute atomic E-state index is 0.488. The molecule has 3 aromatic rings. The van der Waals surface area contributed by atoms with Gasteiger partial charge in [0.25, 0.3) is 0 Å². The van der Waals surface area contributed by atoms with Crippen molar-refractivity contribution in [1.29, 1.82) is 0 Å². The number of halogens is 2. The zero-order chi connectivity index (χ0) is 13.1. The van der Waals surface area contributed by atoms with Crippen LogP contribution in [0.15, 0.2) is 39.5 Å². The Labute approximate surface area is 118 Å². The SMILES string of the molecule is CC.Clc1cc(-c2ccco2)nc2c(Br)cnn12. The monoisotopic (exact) mass is 327 g/mol. The molecule has 0 atom stereocenters. The highest BCUT2D eigenvalue weighted by molar-refractivity contribution is 9.10. The first-order chi connectivity index (χ1) is 8.75. The summed E-state index contributed by atoms with van der Waals surface area (Å²) in [5, 5.41) is 4.57. The Balaban J connectivity index is 0.000000574. The predicted molar refractivity (Wildman–Crippen MR) is 74.7 cm³/mol. The van der Waals surface area contributed by atoms with Crippen molar-refractivity contribution in [2.24, 2.45) is 0 Å². The summed E-state index contributed by atoms with van der Waals surface area (Å²) in [4.78, 5) is 4.41. The van der Waals surface area contributed by atoms with Gasteiger partial charge in [-0.1, -0.05) is 25.4 Å². The largest absolute Gasteiger partial charge is 0.463 e. The molecule has 0 aliphatic rings. The molecule has 0 saturated heterocycles. The lowest BCUT2D eigenvalue weighted by molar-refractivity contribution is 0.580. The van der Waals surface area contributed by atoms with E-state index in [1.165, 1.54) is 0 Å². The van der Waals surface area contributed by atoms with E-state index >= 15 is 0 Å². The van der Waals surface area contributed by atoms with Crippen LogP contribution in [0.25, 0.3) is 17.1 Å². The molecular weight excluding hydrogens is 318 g/mol. The van der Waals surface area contributed by atoms with Gasteiger partial charge >= 0.3 is 0 Å². The molecule has 6 heteroatoms. The van der Waals surface area contributed by atoms with Gasteiger partial charge in [0.15, 0.2) is 11.4 Å². The van der Waals surface area contributed by atoms with E-state index in [1.807, 2.05) is 19.9 Å². The third-order valence-electron chi connectivity index (χ3n) is 2.16. The summed E-state index contributed by atoms with van der Waals surface area (Å²) in [5.41, 5.74) is 1.35. The minimum Gasteiger partial charge on any atom is -0.463 e. The quantitative estimate of drug-likeness (QED) is 0.621. The van der Waals surface area contributed by atoms with E-state index < -0.39 is 0 Å². The topological polar surface area (TPSA) is 43.3 Å². The lowest BCUT2D eigenvalue weighted by Gasteiger charge is -2.00. The molecular formula is C12H11BrClN3O. The van der Waals surface area contributed by atoms with E-state index in [9.17, 15) is 0 Å². The van der Waals surface area contributed by atoms with Crippen molar-refractivity contribution in [2.45, 2.75) is 13.8 Å². The van der Waals surface area contributed by atoms with Crippen molar-refractivity contribution in [2.75, 3.05) is 0 Å². The Bertz CT molecular complexity index is 649. The second-order valence-corrected chi connectivity index (χ2v) is 4.41. The Morgan fingerprint density at radius 1 is 1.39 bits per heavy atom. The van der Waals surface area contributed by atoms with Gasteiger partial charge in [0, 0.05) is 6.07 Å². The zero-order valence-corrected chi connectivity index (χ0v) is 12.2. The first-order valence-corrected chi connectivity index (χ1v) is 6.66. The van der Waals surface area contributed by atoms with Crippen LogP contribution in [0.4, 0.5) is 0 Å². The lowest BCUT2D eigenvalue weighted by atomic mass is 10.3. The van der Waals surface area contributed by atoms with Crippen molar-refractivity contribution < 1.29 is 4.42 Å². The number of fused-ring (bicyclic) bond motifs is 1. The fraction of sp³-hybridized carbons (Fsp3) is 0.167. The molecule has 0 fully saturated rings. The minimum atomic E-state index is 0.488. The fourth-order valence-corrected chi connectivity index (χ4v) is 2.03. The second-order valence-electron chi connectivity index (χ2n) is 3.17. The zero-order valence-electron chi connectivity index (χ0n) is 9.89. The summed E-state index contributed by atoms with van der Waals surface area (Å²) in [5.74, 6) is 0.678. The molecule has 18 heavy (non-hydrogen) atoms. The maximum Gasteiger partial charge on any atom is 0.171 e. The number of nitrogens with zero attached hydrogens (tertiary/aromatic N) is 3. The maximum absolute atomic E-state index is 6.09. The van der Waals surface area contributed by atoms with Gasteiger partial charge in [-0.3, -0.25) is 0 Å². The van der Waals surface area contributed by atoms with E-state index in [4.69, 9.17) is 16.0 Å². The van der Waals surface area contributed by atoms with Crippen LogP contribution < -0.4 is 0 Å². The van der Waals surface area contributed by atoms with E-state index in [1.54, 1.807) is 29.1 Å². The normalized spacial score (nSPS) is 10.2.